The van der Waals surface area contributed by atoms with Crippen LogP contribution in [0.4, 0.5) is 0 Å². The normalized spacial score (nSPS) is 11.8. The summed E-state index contributed by atoms with van der Waals surface area (Å²) in [6.07, 6.45) is 0. The number of benzene rings is 2. The van der Waals surface area contributed by atoms with E-state index in [0.29, 0.717) is 6.61 Å². The van der Waals surface area contributed by atoms with Crippen molar-refractivity contribution in [3.8, 4) is 17.2 Å². The third kappa shape index (κ3) is 4.13. The molecule has 0 radical (unpaired) electrons. The Morgan fingerprint density at radius 3 is 2.19 bits per heavy atom. The minimum absolute atomic E-state index is 0.0241. The summed E-state index contributed by atoms with van der Waals surface area (Å²) in [6.45, 7) is 0.423. The van der Waals surface area contributed by atoms with Gasteiger partial charge in [-0.05, 0) is 29.8 Å². The maximum Gasteiger partial charge on any atom is 0.123 e. The van der Waals surface area contributed by atoms with Crippen LogP contribution < -0.4 is 14.2 Å². The summed E-state index contributed by atoms with van der Waals surface area (Å²) in [5.41, 5.74) is 1.01. The van der Waals surface area contributed by atoms with E-state index in [0.717, 1.165) is 22.8 Å². The van der Waals surface area contributed by atoms with Crippen molar-refractivity contribution in [2.45, 2.75) is 5.92 Å². The van der Waals surface area contributed by atoms with Crippen LogP contribution >= 0.6 is 0 Å². The Balaban J connectivity index is 2.01. The van der Waals surface area contributed by atoms with Gasteiger partial charge in [0.05, 0.1) is 27.4 Å². The molecule has 0 aliphatic heterocycles. The SMILES string of the molecule is COc1ccc(C(CO)COc2cccc(OC)c2)cc1. The zero-order valence-electron chi connectivity index (χ0n) is 12.3. The third-order valence-corrected chi connectivity index (χ3v) is 3.30. The van der Waals surface area contributed by atoms with E-state index in [1.807, 2.05) is 48.5 Å². The maximum absolute atomic E-state index is 9.55. The van der Waals surface area contributed by atoms with Gasteiger partial charge in [0.15, 0.2) is 0 Å². The topological polar surface area (TPSA) is 47.9 Å². The van der Waals surface area contributed by atoms with Gasteiger partial charge in [-0.25, -0.2) is 0 Å². The van der Waals surface area contributed by atoms with Gasteiger partial charge in [0, 0.05) is 12.0 Å². The Morgan fingerprint density at radius 2 is 1.57 bits per heavy atom. The minimum Gasteiger partial charge on any atom is -0.497 e. The van der Waals surface area contributed by atoms with Crippen molar-refractivity contribution in [3.05, 3.63) is 54.1 Å². The molecule has 0 aliphatic carbocycles. The molecule has 1 unspecified atom stereocenters. The number of methoxy groups -OCH3 is 2. The molecule has 112 valence electrons. The highest BCUT2D eigenvalue weighted by atomic mass is 16.5. The monoisotopic (exact) mass is 288 g/mol. The average Bonchev–Trinajstić information content (AvgIpc) is 2.56. The lowest BCUT2D eigenvalue weighted by Crippen LogP contribution is -2.14. The van der Waals surface area contributed by atoms with E-state index in [-0.39, 0.29) is 12.5 Å². The summed E-state index contributed by atoms with van der Waals surface area (Å²) >= 11 is 0. The second kappa shape index (κ2) is 7.55. The van der Waals surface area contributed by atoms with Crippen molar-refractivity contribution in [2.24, 2.45) is 0 Å². The number of hydrogen-bond donors (Lipinski definition) is 1. The number of aliphatic hydroxyl groups is 1. The van der Waals surface area contributed by atoms with Gasteiger partial charge in [0.25, 0.3) is 0 Å². The fraction of sp³-hybridized carbons (Fsp3) is 0.294. The molecule has 0 heterocycles. The molecule has 0 aromatic heterocycles. The lowest BCUT2D eigenvalue weighted by Gasteiger charge is -2.16. The molecule has 0 spiro atoms. The summed E-state index contributed by atoms with van der Waals surface area (Å²) < 4.78 is 16.0. The number of ether oxygens (including phenoxy) is 3. The Morgan fingerprint density at radius 1 is 0.905 bits per heavy atom. The third-order valence-electron chi connectivity index (χ3n) is 3.30. The van der Waals surface area contributed by atoms with E-state index in [1.54, 1.807) is 14.2 Å². The number of aliphatic hydroxyl groups excluding tert-OH is 1. The molecule has 4 nitrogen and oxygen atoms in total. The first-order valence-electron chi connectivity index (χ1n) is 6.78. The summed E-state index contributed by atoms with van der Waals surface area (Å²) in [5.74, 6) is 2.19. The van der Waals surface area contributed by atoms with Crippen molar-refractivity contribution < 1.29 is 19.3 Å². The molecule has 2 aromatic rings. The molecule has 21 heavy (non-hydrogen) atoms. The van der Waals surface area contributed by atoms with Gasteiger partial charge in [-0.2, -0.15) is 0 Å². The molecule has 0 saturated heterocycles. The van der Waals surface area contributed by atoms with Gasteiger partial charge in [0.2, 0.25) is 0 Å². The van der Waals surface area contributed by atoms with Crippen LogP contribution in [0.2, 0.25) is 0 Å². The van der Waals surface area contributed by atoms with E-state index in [1.165, 1.54) is 0 Å². The van der Waals surface area contributed by atoms with Crippen LogP contribution in [0.15, 0.2) is 48.5 Å². The smallest absolute Gasteiger partial charge is 0.123 e. The summed E-state index contributed by atoms with van der Waals surface area (Å²) in [4.78, 5) is 0. The largest absolute Gasteiger partial charge is 0.497 e. The second-order valence-electron chi connectivity index (χ2n) is 4.64. The molecular formula is C17H20O4. The predicted octanol–water partition coefficient (Wildman–Crippen LogP) is 2.86. The van der Waals surface area contributed by atoms with Gasteiger partial charge in [-0.3, -0.25) is 0 Å². The van der Waals surface area contributed by atoms with Gasteiger partial charge in [-0.15, -0.1) is 0 Å². The molecule has 0 amide bonds. The molecule has 1 N–H and O–H groups in total. The Bertz CT molecular complexity index is 551. The lowest BCUT2D eigenvalue weighted by atomic mass is 10.0. The molecule has 0 saturated carbocycles. The van der Waals surface area contributed by atoms with Crippen LogP contribution in [0.5, 0.6) is 17.2 Å². The summed E-state index contributed by atoms with van der Waals surface area (Å²) in [6, 6.07) is 15.1. The highest BCUT2D eigenvalue weighted by Crippen LogP contribution is 2.23. The van der Waals surface area contributed by atoms with Crippen LogP contribution in [0, 0.1) is 0 Å². The van der Waals surface area contributed by atoms with Crippen LogP contribution in [-0.4, -0.2) is 32.5 Å². The standard InChI is InChI=1S/C17H20O4/c1-19-15-8-6-13(7-9-15)14(11-18)12-21-17-5-3-4-16(10-17)20-2/h3-10,14,18H,11-12H2,1-2H3. The minimum atomic E-state index is -0.0814. The average molecular weight is 288 g/mol. The molecule has 2 aromatic carbocycles. The van der Waals surface area contributed by atoms with Crippen molar-refractivity contribution in [3.63, 3.8) is 0 Å². The van der Waals surface area contributed by atoms with E-state index in [4.69, 9.17) is 14.2 Å². The molecule has 0 aliphatic rings. The van der Waals surface area contributed by atoms with Crippen LogP contribution in [0.25, 0.3) is 0 Å². The lowest BCUT2D eigenvalue weighted by molar-refractivity contribution is 0.204. The predicted molar refractivity (Wildman–Crippen MR) is 81.3 cm³/mol. The highest BCUT2D eigenvalue weighted by molar-refractivity contribution is 5.33. The van der Waals surface area contributed by atoms with E-state index in [2.05, 4.69) is 0 Å². The van der Waals surface area contributed by atoms with E-state index in [9.17, 15) is 5.11 Å². The first-order valence-corrected chi connectivity index (χ1v) is 6.78. The fourth-order valence-corrected chi connectivity index (χ4v) is 2.02. The van der Waals surface area contributed by atoms with Gasteiger partial charge < -0.3 is 19.3 Å². The summed E-state index contributed by atoms with van der Waals surface area (Å²) in [5, 5.41) is 9.55. The second-order valence-corrected chi connectivity index (χ2v) is 4.64. The highest BCUT2D eigenvalue weighted by Gasteiger charge is 2.12. The molecular weight excluding hydrogens is 268 g/mol. The molecule has 2 rings (SSSR count). The first-order chi connectivity index (χ1) is 10.3. The number of rotatable bonds is 7. The van der Waals surface area contributed by atoms with Crippen LogP contribution in [0.3, 0.4) is 0 Å². The van der Waals surface area contributed by atoms with Crippen molar-refractivity contribution in [1.82, 2.24) is 0 Å². The van der Waals surface area contributed by atoms with Gasteiger partial charge in [0.1, 0.15) is 17.2 Å². The van der Waals surface area contributed by atoms with E-state index >= 15 is 0 Å². The Hall–Kier alpha value is -2.20. The quantitative estimate of drug-likeness (QED) is 0.851. The van der Waals surface area contributed by atoms with Crippen LogP contribution in [-0.2, 0) is 0 Å². The molecule has 4 heteroatoms. The van der Waals surface area contributed by atoms with Gasteiger partial charge in [-0.1, -0.05) is 18.2 Å². The molecule has 0 bridgehead atoms. The first kappa shape index (κ1) is 15.2. The summed E-state index contributed by atoms with van der Waals surface area (Å²) in [7, 11) is 3.25. The fourth-order valence-electron chi connectivity index (χ4n) is 2.02. The zero-order valence-corrected chi connectivity index (χ0v) is 12.3. The van der Waals surface area contributed by atoms with Crippen molar-refractivity contribution in [2.75, 3.05) is 27.4 Å². The van der Waals surface area contributed by atoms with Crippen molar-refractivity contribution in [1.29, 1.82) is 0 Å². The van der Waals surface area contributed by atoms with Gasteiger partial charge >= 0.3 is 0 Å². The molecule has 1 atom stereocenters. The number of hydrogen-bond acceptors (Lipinski definition) is 4. The maximum atomic E-state index is 9.55. The Kier molecular flexibility index (Phi) is 5.46. The molecule has 0 fully saturated rings. The Labute approximate surface area is 124 Å². The van der Waals surface area contributed by atoms with E-state index < -0.39 is 0 Å². The van der Waals surface area contributed by atoms with Crippen molar-refractivity contribution >= 4 is 0 Å². The van der Waals surface area contributed by atoms with Crippen LogP contribution in [0.1, 0.15) is 11.5 Å². The zero-order chi connectivity index (χ0) is 15.1.